The van der Waals surface area contributed by atoms with Crippen LogP contribution in [-0.4, -0.2) is 45.9 Å². The second-order valence-electron chi connectivity index (χ2n) is 12.8. The maximum absolute atomic E-state index is 15.5. The predicted molar refractivity (Wildman–Crippen MR) is 175 cm³/mol. The van der Waals surface area contributed by atoms with Gasteiger partial charge >= 0.3 is 7.12 Å². The summed E-state index contributed by atoms with van der Waals surface area (Å²) in [5.41, 5.74) is 2.01. The molecule has 0 bridgehead atoms. The zero-order chi connectivity index (χ0) is 32.5. The lowest BCUT2D eigenvalue weighted by molar-refractivity contribution is 0.00578. The molecule has 0 radical (unpaired) electrons. The van der Waals surface area contributed by atoms with Crippen molar-refractivity contribution in [3.8, 4) is 11.3 Å². The molecule has 2 fully saturated rings. The summed E-state index contributed by atoms with van der Waals surface area (Å²) in [4.78, 5) is 13.1. The quantitative estimate of drug-likeness (QED) is 0.222. The smallest absolute Gasteiger partial charge is 0.455 e. The standard InChI is InChI=1S/C33H35BClFN2O6S/c1-32(2)33(3,4)44-34(43-32)25-14-7-19(15-26(25)36)18-38(45(6,40)41)27-17-28-24(16-23(27)20-8-9-20)29(31(39)37-5)30(42-28)21-10-12-22(35)13-11-21/h7,10-17,20H,8-9,18H2,1-6H3,(H,37,39). The van der Waals surface area contributed by atoms with Crippen molar-refractivity contribution < 1.29 is 31.3 Å². The largest absolute Gasteiger partial charge is 0.497 e. The first-order chi connectivity index (χ1) is 21.1. The van der Waals surface area contributed by atoms with E-state index in [1.54, 1.807) is 49.5 Å². The van der Waals surface area contributed by atoms with Crippen LogP contribution in [0.1, 0.15) is 67.9 Å². The first-order valence-electron chi connectivity index (χ1n) is 14.8. The molecule has 2 heterocycles. The highest BCUT2D eigenvalue weighted by atomic mass is 35.5. The van der Waals surface area contributed by atoms with Gasteiger partial charge in [-0.2, -0.15) is 0 Å². The topological polar surface area (TPSA) is 98.1 Å². The van der Waals surface area contributed by atoms with Gasteiger partial charge in [-0.1, -0.05) is 23.7 Å². The highest BCUT2D eigenvalue weighted by Crippen LogP contribution is 2.48. The summed E-state index contributed by atoms with van der Waals surface area (Å²) in [5, 5.41) is 3.81. The van der Waals surface area contributed by atoms with Crippen LogP contribution in [0.3, 0.4) is 0 Å². The number of sulfonamides is 1. The molecule has 236 valence electrons. The third-order valence-electron chi connectivity index (χ3n) is 8.98. The molecule has 3 aromatic carbocycles. The number of furan rings is 1. The van der Waals surface area contributed by atoms with Crippen LogP contribution < -0.4 is 15.1 Å². The van der Waals surface area contributed by atoms with Gasteiger partial charge in [0.25, 0.3) is 5.91 Å². The number of rotatable bonds is 8. The highest BCUT2D eigenvalue weighted by molar-refractivity contribution is 7.92. The van der Waals surface area contributed by atoms with E-state index in [0.717, 1.165) is 24.7 Å². The Labute approximate surface area is 268 Å². The van der Waals surface area contributed by atoms with E-state index >= 15 is 4.39 Å². The number of carbonyl (C=O) groups excluding carboxylic acids is 1. The number of halogens is 2. The predicted octanol–water partition coefficient (Wildman–Crippen LogP) is 6.39. The van der Waals surface area contributed by atoms with Crippen molar-refractivity contribution >= 4 is 56.8 Å². The number of nitrogens with one attached hydrogen (secondary N) is 1. The molecular formula is C33H35BClFN2O6S. The lowest BCUT2D eigenvalue weighted by atomic mass is 9.78. The van der Waals surface area contributed by atoms with Crippen molar-refractivity contribution in [1.82, 2.24) is 5.32 Å². The Morgan fingerprint density at radius 1 is 1.04 bits per heavy atom. The van der Waals surface area contributed by atoms with E-state index in [1.807, 2.05) is 33.8 Å². The molecule has 1 saturated heterocycles. The summed E-state index contributed by atoms with van der Waals surface area (Å²) in [7, 11) is -3.18. The van der Waals surface area contributed by atoms with E-state index in [4.69, 9.17) is 25.3 Å². The molecular weight excluding hydrogens is 618 g/mol. The maximum Gasteiger partial charge on any atom is 0.497 e. The van der Waals surface area contributed by atoms with Crippen LogP contribution in [0, 0.1) is 5.82 Å². The van der Waals surface area contributed by atoms with Gasteiger partial charge in [0.15, 0.2) is 0 Å². The number of benzene rings is 3. The number of fused-ring (bicyclic) bond motifs is 1. The molecule has 0 unspecified atom stereocenters. The fourth-order valence-corrected chi connectivity index (χ4v) is 6.64. The fraction of sp³-hybridized carbons (Fsp3) is 0.364. The average molecular weight is 653 g/mol. The SMILES string of the molecule is CNC(=O)c1c(-c2ccc(Cl)cc2)oc2cc(N(Cc3ccc(B4OC(C)(C)C(C)(C)O4)c(F)c3)S(C)(=O)=O)c(C3CC3)cc12. The minimum atomic E-state index is -3.84. The zero-order valence-electron chi connectivity index (χ0n) is 26.0. The molecule has 12 heteroatoms. The Bertz CT molecular complexity index is 1910. The molecule has 0 atom stereocenters. The first kappa shape index (κ1) is 31.6. The molecule has 1 aliphatic carbocycles. The van der Waals surface area contributed by atoms with Crippen LogP contribution in [0.5, 0.6) is 0 Å². The summed E-state index contributed by atoms with van der Waals surface area (Å²) in [6.45, 7) is 7.47. The van der Waals surface area contributed by atoms with Gasteiger partial charge in [0.1, 0.15) is 17.2 Å². The van der Waals surface area contributed by atoms with Crippen molar-refractivity contribution in [1.29, 1.82) is 0 Å². The van der Waals surface area contributed by atoms with Crippen molar-refractivity contribution in [2.75, 3.05) is 17.6 Å². The molecule has 0 spiro atoms. The van der Waals surface area contributed by atoms with Gasteiger partial charge in [-0.25, -0.2) is 12.8 Å². The number of carbonyl (C=O) groups is 1. The van der Waals surface area contributed by atoms with Crippen LogP contribution in [0.25, 0.3) is 22.3 Å². The van der Waals surface area contributed by atoms with Crippen LogP contribution >= 0.6 is 11.6 Å². The van der Waals surface area contributed by atoms with E-state index in [0.29, 0.717) is 44.1 Å². The van der Waals surface area contributed by atoms with Crippen LogP contribution in [-0.2, 0) is 25.9 Å². The van der Waals surface area contributed by atoms with Crippen molar-refractivity contribution in [2.45, 2.75) is 64.2 Å². The summed E-state index contributed by atoms with van der Waals surface area (Å²) in [5.74, 6) is -0.411. The number of nitrogens with zero attached hydrogens (tertiary/aromatic N) is 1. The van der Waals surface area contributed by atoms with E-state index in [2.05, 4.69) is 5.32 Å². The fourth-order valence-electron chi connectivity index (χ4n) is 5.62. The van der Waals surface area contributed by atoms with Crippen molar-refractivity contribution in [2.24, 2.45) is 0 Å². The Morgan fingerprint density at radius 2 is 1.69 bits per heavy atom. The van der Waals surface area contributed by atoms with Crippen molar-refractivity contribution in [3.05, 3.63) is 82.1 Å². The van der Waals surface area contributed by atoms with Gasteiger partial charge in [0, 0.05) is 34.5 Å². The summed E-state index contributed by atoms with van der Waals surface area (Å²) >= 11 is 6.10. The van der Waals surface area contributed by atoms with Gasteiger partial charge in [-0.3, -0.25) is 9.10 Å². The Morgan fingerprint density at radius 3 is 2.24 bits per heavy atom. The van der Waals surface area contributed by atoms with Gasteiger partial charge in [0.2, 0.25) is 10.0 Å². The first-order valence-corrected chi connectivity index (χ1v) is 17.0. The van der Waals surface area contributed by atoms with E-state index in [1.165, 1.54) is 10.4 Å². The number of hydrogen-bond donors (Lipinski definition) is 1. The lowest BCUT2D eigenvalue weighted by Gasteiger charge is -2.32. The highest BCUT2D eigenvalue weighted by Gasteiger charge is 2.52. The Hall–Kier alpha value is -3.38. The molecule has 1 amide bonds. The number of hydrogen-bond acceptors (Lipinski definition) is 6. The lowest BCUT2D eigenvalue weighted by Crippen LogP contribution is -2.41. The van der Waals surface area contributed by atoms with Crippen LogP contribution in [0.15, 0.2) is 59.0 Å². The molecule has 6 rings (SSSR count). The maximum atomic E-state index is 15.5. The molecule has 1 saturated carbocycles. The normalized spacial score (nSPS) is 17.6. The minimum absolute atomic E-state index is 0.113. The molecule has 8 nitrogen and oxygen atoms in total. The Balaban J connectivity index is 1.42. The molecule has 1 N–H and O–H groups in total. The van der Waals surface area contributed by atoms with E-state index in [-0.39, 0.29) is 23.8 Å². The van der Waals surface area contributed by atoms with E-state index < -0.39 is 34.2 Å². The van der Waals surface area contributed by atoms with Crippen LogP contribution in [0.2, 0.25) is 5.02 Å². The number of amides is 1. The van der Waals surface area contributed by atoms with Crippen LogP contribution in [0.4, 0.5) is 10.1 Å². The third kappa shape index (κ3) is 5.87. The molecule has 2 aliphatic rings. The van der Waals surface area contributed by atoms with Gasteiger partial charge < -0.3 is 19.0 Å². The minimum Gasteiger partial charge on any atom is -0.455 e. The van der Waals surface area contributed by atoms with Gasteiger partial charge in [-0.05, 0) is 94.0 Å². The third-order valence-corrected chi connectivity index (χ3v) is 10.4. The van der Waals surface area contributed by atoms with E-state index in [9.17, 15) is 13.2 Å². The molecule has 1 aromatic heterocycles. The second kappa shape index (κ2) is 11.2. The average Bonchev–Trinajstić information content (AvgIpc) is 3.70. The Kier molecular flexibility index (Phi) is 7.83. The summed E-state index contributed by atoms with van der Waals surface area (Å²) < 4.78 is 61.8. The molecule has 4 aromatic rings. The summed E-state index contributed by atoms with van der Waals surface area (Å²) in [6, 6.07) is 15.1. The molecule has 45 heavy (non-hydrogen) atoms. The zero-order valence-corrected chi connectivity index (χ0v) is 27.6. The van der Waals surface area contributed by atoms with Crippen molar-refractivity contribution in [3.63, 3.8) is 0 Å². The molecule has 1 aliphatic heterocycles. The second-order valence-corrected chi connectivity index (χ2v) is 15.1. The number of anilines is 1. The van der Waals surface area contributed by atoms with Gasteiger partial charge in [0.05, 0.1) is 35.3 Å². The van der Waals surface area contributed by atoms with Gasteiger partial charge in [-0.15, -0.1) is 0 Å². The summed E-state index contributed by atoms with van der Waals surface area (Å²) in [6.07, 6.45) is 2.88. The monoisotopic (exact) mass is 652 g/mol.